The summed E-state index contributed by atoms with van der Waals surface area (Å²) in [6.07, 6.45) is 11.6. The Kier molecular flexibility index (Phi) is 5.33. The maximum absolute atomic E-state index is 4.73. The minimum Gasteiger partial charge on any atom is -0.301 e. The zero-order chi connectivity index (χ0) is 13.8. The Morgan fingerprint density at radius 2 is 1.45 bits per heavy atom. The third-order valence-corrected chi connectivity index (χ3v) is 6.41. The second kappa shape index (κ2) is 7.02. The summed E-state index contributed by atoms with van der Waals surface area (Å²) in [5.74, 6) is 2.14. The lowest BCUT2D eigenvalue weighted by atomic mass is 9.81. The molecule has 3 aliphatic rings. The zero-order valence-corrected chi connectivity index (χ0v) is 13.9. The van der Waals surface area contributed by atoms with Gasteiger partial charge in [0, 0.05) is 39.3 Å². The van der Waals surface area contributed by atoms with Crippen molar-refractivity contribution in [2.75, 3.05) is 45.0 Å². The molecule has 0 amide bonds. The van der Waals surface area contributed by atoms with Gasteiger partial charge in [-0.1, -0.05) is 25.7 Å². The molecule has 0 aromatic carbocycles. The molecule has 0 aromatic rings. The van der Waals surface area contributed by atoms with E-state index in [0.717, 1.165) is 11.7 Å². The van der Waals surface area contributed by atoms with Gasteiger partial charge in [-0.15, -0.1) is 0 Å². The molecule has 2 aliphatic carbocycles. The van der Waals surface area contributed by atoms with Crippen LogP contribution in [0.3, 0.4) is 0 Å². The lowest BCUT2D eigenvalue weighted by Gasteiger charge is -2.41. The minimum absolute atomic E-state index is 0.526. The van der Waals surface area contributed by atoms with Gasteiger partial charge < -0.3 is 9.80 Å². The van der Waals surface area contributed by atoms with Crippen molar-refractivity contribution in [1.29, 1.82) is 0 Å². The molecule has 3 heteroatoms. The van der Waals surface area contributed by atoms with Crippen LogP contribution in [0.2, 0.25) is 0 Å². The molecule has 1 saturated heterocycles. The molecule has 0 N–H and O–H groups in total. The normalized spacial score (nSPS) is 29.2. The predicted molar refractivity (Wildman–Crippen MR) is 89.6 cm³/mol. The van der Waals surface area contributed by atoms with E-state index in [1.165, 1.54) is 90.6 Å². The summed E-state index contributed by atoms with van der Waals surface area (Å²) >= 11 is 4.73. The fourth-order valence-corrected chi connectivity index (χ4v) is 4.53. The largest absolute Gasteiger partial charge is 0.301 e. The molecule has 0 unspecified atom stereocenters. The fraction of sp³-hybridized carbons (Fsp3) is 1.00. The van der Waals surface area contributed by atoms with Crippen molar-refractivity contribution in [3.05, 3.63) is 0 Å². The van der Waals surface area contributed by atoms with Crippen LogP contribution in [0.15, 0.2) is 0 Å². The van der Waals surface area contributed by atoms with Gasteiger partial charge in [0.15, 0.2) is 0 Å². The SMILES string of the molecule is SCC1(CN2CCN(CC3CC3)CC2)CCCCCC1. The maximum atomic E-state index is 4.73. The van der Waals surface area contributed by atoms with E-state index in [2.05, 4.69) is 9.80 Å². The Hall–Kier alpha value is 0.270. The van der Waals surface area contributed by atoms with E-state index in [9.17, 15) is 0 Å². The average molecular weight is 297 g/mol. The Bertz CT molecular complexity index is 287. The highest BCUT2D eigenvalue weighted by Crippen LogP contribution is 2.37. The smallest absolute Gasteiger partial charge is 0.0110 e. The van der Waals surface area contributed by atoms with Crippen LogP contribution >= 0.6 is 12.6 Å². The van der Waals surface area contributed by atoms with Gasteiger partial charge in [0.2, 0.25) is 0 Å². The van der Waals surface area contributed by atoms with Crippen LogP contribution < -0.4 is 0 Å². The molecule has 116 valence electrons. The van der Waals surface area contributed by atoms with E-state index in [4.69, 9.17) is 12.6 Å². The monoisotopic (exact) mass is 296 g/mol. The molecule has 0 bridgehead atoms. The van der Waals surface area contributed by atoms with Gasteiger partial charge in [0.05, 0.1) is 0 Å². The van der Waals surface area contributed by atoms with Crippen molar-refractivity contribution in [2.45, 2.75) is 51.4 Å². The van der Waals surface area contributed by atoms with Crippen molar-refractivity contribution in [2.24, 2.45) is 11.3 Å². The molecule has 0 spiro atoms. The first-order valence-corrected chi connectivity index (χ1v) is 9.49. The first-order chi connectivity index (χ1) is 9.80. The second-order valence-electron chi connectivity index (χ2n) is 7.59. The third kappa shape index (κ3) is 4.14. The van der Waals surface area contributed by atoms with E-state index in [1.54, 1.807) is 0 Å². The van der Waals surface area contributed by atoms with Crippen LogP contribution in [-0.2, 0) is 0 Å². The van der Waals surface area contributed by atoms with E-state index in [0.29, 0.717) is 5.41 Å². The van der Waals surface area contributed by atoms with E-state index < -0.39 is 0 Å². The van der Waals surface area contributed by atoms with E-state index >= 15 is 0 Å². The van der Waals surface area contributed by atoms with Gasteiger partial charge in [-0.2, -0.15) is 12.6 Å². The molecule has 3 rings (SSSR count). The molecule has 1 aliphatic heterocycles. The van der Waals surface area contributed by atoms with Crippen molar-refractivity contribution in [3.8, 4) is 0 Å². The summed E-state index contributed by atoms with van der Waals surface area (Å²) in [5.41, 5.74) is 0.526. The topological polar surface area (TPSA) is 6.48 Å². The van der Waals surface area contributed by atoms with Gasteiger partial charge in [-0.25, -0.2) is 0 Å². The van der Waals surface area contributed by atoms with Gasteiger partial charge in [-0.05, 0) is 42.8 Å². The van der Waals surface area contributed by atoms with Crippen LogP contribution in [0.1, 0.15) is 51.4 Å². The Morgan fingerprint density at radius 1 is 0.850 bits per heavy atom. The Balaban J connectivity index is 1.46. The Labute approximate surface area is 130 Å². The quantitative estimate of drug-likeness (QED) is 0.614. The van der Waals surface area contributed by atoms with Crippen molar-refractivity contribution in [1.82, 2.24) is 9.80 Å². The van der Waals surface area contributed by atoms with Gasteiger partial charge in [0.25, 0.3) is 0 Å². The molecular formula is C17H32N2S. The van der Waals surface area contributed by atoms with Crippen molar-refractivity contribution >= 4 is 12.6 Å². The molecule has 2 nitrogen and oxygen atoms in total. The molecule has 1 heterocycles. The van der Waals surface area contributed by atoms with E-state index in [1.807, 2.05) is 0 Å². The second-order valence-corrected chi connectivity index (χ2v) is 7.91. The standard InChI is InChI=1S/C17H32N2S/c20-15-17(7-3-1-2-4-8-17)14-19-11-9-18(10-12-19)13-16-5-6-16/h16,20H,1-15H2. The lowest BCUT2D eigenvalue weighted by molar-refractivity contribution is 0.0837. The molecule has 20 heavy (non-hydrogen) atoms. The number of hydrogen-bond acceptors (Lipinski definition) is 3. The minimum atomic E-state index is 0.526. The Morgan fingerprint density at radius 3 is 2.00 bits per heavy atom. The number of rotatable bonds is 5. The third-order valence-electron chi connectivity index (χ3n) is 5.74. The highest BCUT2D eigenvalue weighted by Gasteiger charge is 2.33. The highest BCUT2D eigenvalue weighted by atomic mass is 32.1. The summed E-state index contributed by atoms with van der Waals surface area (Å²) in [4.78, 5) is 5.44. The van der Waals surface area contributed by atoms with E-state index in [-0.39, 0.29) is 0 Å². The van der Waals surface area contributed by atoms with Crippen LogP contribution in [-0.4, -0.2) is 54.8 Å². The molecular weight excluding hydrogens is 264 g/mol. The van der Waals surface area contributed by atoms with Crippen LogP contribution in [0, 0.1) is 11.3 Å². The van der Waals surface area contributed by atoms with Crippen LogP contribution in [0.5, 0.6) is 0 Å². The van der Waals surface area contributed by atoms with Crippen LogP contribution in [0.25, 0.3) is 0 Å². The van der Waals surface area contributed by atoms with Crippen molar-refractivity contribution < 1.29 is 0 Å². The molecule has 3 fully saturated rings. The number of nitrogens with zero attached hydrogens (tertiary/aromatic N) is 2. The van der Waals surface area contributed by atoms with Gasteiger partial charge in [0.1, 0.15) is 0 Å². The highest BCUT2D eigenvalue weighted by molar-refractivity contribution is 7.80. The molecule has 0 atom stereocenters. The van der Waals surface area contributed by atoms with Gasteiger partial charge in [-0.3, -0.25) is 0 Å². The maximum Gasteiger partial charge on any atom is 0.0110 e. The molecule has 0 radical (unpaired) electrons. The zero-order valence-electron chi connectivity index (χ0n) is 13.0. The average Bonchev–Trinajstić information content (AvgIpc) is 3.29. The molecule has 2 saturated carbocycles. The number of thiol groups is 1. The summed E-state index contributed by atoms with van der Waals surface area (Å²) < 4.78 is 0. The first kappa shape index (κ1) is 15.2. The number of hydrogen-bond donors (Lipinski definition) is 1. The fourth-order valence-electron chi connectivity index (χ4n) is 4.11. The predicted octanol–water partition coefficient (Wildman–Crippen LogP) is 3.28. The van der Waals surface area contributed by atoms with Gasteiger partial charge >= 0.3 is 0 Å². The first-order valence-electron chi connectivity index (χ1n) is 8.85. The summed E-state index contributed by atoms with van der Waals surface area (Å²) in [5, 5.41) is 0. The molecule has 0 aromatic heterocycles. The summed E-state index contributed by atoms with van der Waals surface area (Å²) in [6.45, 7) is 7.89. The lowest BCUT2D eigenvalue weighted by Crippen LogP contribution is -2.50. The number of piperazine rings is 1. The van der Waals surface area contributed by atoms with Crippen LogP contribution in [0.4, 0.5) is 0 Å². The van der Waals surface area contributed by atoms with Crippen molar-refractivity contribution in [3.63, 3.8) is 0 Å². The summed E-state index contributed by atoms with van der Waals surface area (Å²) in [7, 11) is 0. The summed E-state index contributed by atoms with van der Waals surface area (Å²) in [6, 6.07) is 0.